The molecular formula is C20H14F5NO5. The van der Waals surface area contributed by atoms with Gasteiger partial charge in [-0.1, -0.05) is 12.1 Å². The second kappa shape index (κ2) is 8.70. The van der Waals surface area contributed by atoms with E-state index in [9.17, 15) is 36.3 Å². The van der Waals surface area contributed by atoms with Crippen LogP contribution in [0, 0.1) is 29.1 Å². The van der Waals surface area contributed by atoms with Gasteiger partial charge in [0.1, 0.15) is 6.04 Å². The number of halogens is 5. The number of hydrogen-bond donors (Lipinski definition) is 0. The molecule has 1 saturated heterocycles. The van der Waals surface area contributed by atoms with E-state index in [0.717, 1.165) is 12.0 Å². The standard InChI is InChI=1S/C20H14F5NO5/c1-30-19(28)10-6-3-2-5-9(10)18(27)26-8-4-7-11(26)20(29)31-17-15(24)13(22)12(21)14(23)16(17)25/h2-3,5-6,11H,4,7-8H2,1H3. The third kappa shape index (κ3) is 3.94. The summed E-state index contributed by atoms with van der Waals surface area (Å²) in [6.07, 6.45) is 0.309. The molecule has 0 bridgehead atoms. The lowest BCUT2D eigenvalue weighted by Crippen LogP contribution is -2.43. The van der Waals surface area contributed by atoms with Crippen LogP contribution in [-0.4, -0.2) is 42.4 Å². The maximum Gasteiger partial charge on any atom is 0.338 e. The van der Waals surface area contributed by atoms with Gasteiger partial charge in [0.25, 0.3) is 5.91 Å². The van der Waals surface area contributed by atoms with Gasteiger partial charge in [-0.25, -0.2) is 22.8 Å². The third-order valence-corrected chi connectivity index (χ3v) is 4.72. The minimum absolute atomic E-state index is 0.0142. The van der Waals surface area contributed by atoms with Gasteiger partial charge in [-0.05, 0) is 25.0 Å². The highest BCUT2D eigenvalue weighted by Crippen LogP contribution is 2.31. The number of likely N-dealkylation sites (tertiary alicyclic amines) is 1. The van der Waals surface area contributed by atoms with Crippen molar-refractivity contribution in [3.05, 3.63) is 64.5 Å². The monoisotopic (exact) mass is 443 g/mol. The van der Waals surface area contributed by atoms with E-state index in [2.05, 4.69) is 9.47 Å². The second-order valence-electron chi connectivity index (χ2n) is 6.51. The van der Waals surface area contributed by atoms with Crippen LogP contribution in [-0.2, 0) is 9.53 Å². The summed E-state index contributed by atoms with van der Waals surface area (Å²) in [5.41, 5.74) is -0.168. The first-order valence-electron chi connectivity index (χ1n) is 8.90. The van der Waals surface area contributed by atoms with E-state index in [1.807, 2.05) is 0 Å². The number of ether oxygens (including phenoxy) is 2. The van der Waals surface area contributed by atoms with E-state index in [4.69, 9.17) is 0 Å². The molecule has 1 aliphatic rings. The van der Waals surface area contributed by atoms with E-state index in [-0.39, 0.29) is 24.1 Å². The Morgan fingerprint density at radius 3 is 2.03 bits per heavy atom. The molecule has 0 N–H and O–H groups in total. The van der Waals surface area contributed by atoms with Crippen molar-refractivity contribution in [2.45, 2.75) is 18.9 Å². The largest absolute Gasteiger partial charge is 0.465 e. The van der Waals surface area contributed by atoms with Gasteiger partial charge >= 0.3 is 11.9 Å². The van der Waals surface area contributed by atoms with E-state index in [1.54, 1.807) is 0 Å². The minimum atomic E-state index is -2.40. The zero-order valence-electron chi connectivity index (χ0n) is 15.9. The molecule has 1 amide bonds. The van der Waals surface area contributed by atoms with Crippen molar-refractivity contribution in [1.29, 1.82) is 0 Å². The van der Waals surface area contributed by atoms with Gasteiger partial charge in [0.05, 0.1) is 18.2 Å². The van der Waals surface area contributed by atoms with Crippen molar-refractivity contribution < 1.29 is 45.8 Å². The molecule has 6 nitrogen and oxygen atoms in total. The van der Waals surface area contributed by atoms with E-state index in [0.29, 0.717) is 6.42 Å². The first kappa shape index (κ1) is 22.2. The SMILES string of the molecule is COC(=O)c1ccccc1C(=O)N1CCCC1C(=O)Oc1c(F)c(F)c(F)c(F)c1F. The predicted molar refractivity (Wildman–Crippen MR) is 93.7 cm³/mol. The van der Waals surface area contributed by atoms with Crippen molar-refractivity contribution in [1.82, 2.24) is 4.90 Å². The zero-order chi connectivity index (χ0) is 22.9. The van der Waals surface area contributed by atoms with Gasteiger partial charge in [0.15, 0.2) is 0 Å². The van der Waals surface area contributed by atoms with Crippen LogP contribution >= 0.6 is 0 Å². The van der Waals surface area contributed by atoms with Crippen molar-refractivity contribution in [3.63, 3.8) is 0 Å². The summed E-state index contributed by atoms with van der Waals surface area (Å²) >= 11 is 0. The van der Waals surface area contributed by atoms with Crippen LogP contribution in [0.3, 0.4) is 0 Å². The number of carbonyl (C=O) groups excluding carboxylic acids is 3. The summed E-state index contributed by atoms with van der Waals surface area (Å²) in [5.74, 6) is -16.3. The molecule has 0 aliphatic carbocycles. The van der Waals surface area contributed by atoms with Crippen LogP contribution in [0.5, 0.6) is 5.75 Å². The summed E-state index contributed by atoms with van der Waals surface area (Å²) in [6, 6.07) is 4.24. The van der Waals surface area contributed by atoms with Crippen molar-refractivity contribution in [2.24, 2.45) is 0 Å². The van der Waals surface area contributed by atoms with Crippen LogP contribution in [0.25, 0.3) is 0 Å². The molecule has 0 aromatic heterocycles. The normalized spacial score (nSPS) is 15.7. The number of nitrogens with zero attached hydrogens (tertiary/aromatic N) is 1. The van der Waals surface area contributed by atoms with Crippen molar-refractivity contribution in [2.75, 3.05) is 13.7 Å². The lowest BCUT2D eigenvalue weighted by molar-refractivity contribution is -0.139. The molecular weight excluding hydrogens is 429 g/mol. The topological polar surface area (TPSA) is 72.9 Å². The molecule has 0 radical (unpaired) electrons. The Morgan fingerprint density at radius 1 is 0.903 bits per heavy atom. The molecule has 1 heterocycles. The molecule has 164 valence electrons. The lowest BCUT2D eigenvalue weighted by Gasteiger charge is -2.24. The number of methoxy groups -OCH3 is 1. The van der Waals surface area contributed by atoms with Crippen molar-refractivity contribution in [3.8, 4) is 5.75 Å². The summed E-state index contributed by atoms with van der Waals surface area (Å²) < 4.78 is 76.6. The van der Waals surface area contributed by atoms with Gasteiger partial charge in [-0.2, -0.15) is 8.78 Å². The Hall–Kier alpha value is -3.50. The van der Waals surface area contributed by atoms with Gasteiger partial charge < -0.3 is 14.4 Å². The van der Waals surface area contributed by atoms with Gasteiger partial charge in [-0.15, -0.1) is 0 Å². The maximum atomic E-state index is 13.8. The van der Waals surface area contributed by atoms with Gasteiger partial charge in [-0.3, -0.25) is 4.79 Å². The van der Waals surface area contributed by atoms with Gasteiger partial charge in [0.2, 0.25) is 34.8 Å². The lowest BCUT2D eigenvalue weighted by atomic mass is 10.1. The summed E-state index contributed by atoms with van der Waals surface area (Å²) in [4.78, 5) is 38.3. The molecule has 2 aromatic carbocycles. The highest BCUT2D eigenvalue weighted by Gasteiger charge is 2.39. The van der Waals surface area contributed by atoms with Crippen LogP contribution in [0.2, 0.25) is 0 Å². The van der Waals surface area contributed by atoms with Gasteiger partial charge in [0, 0.05) is 6.54 Å². The average molecular weight is 443 g/mol. The fourth-order valence-electron chi connectivity index (χ4n) is 3.21. The summed E-state index contributed by atoms with van der Waals surface area (Å²) in [5, 5.41) is 0. The molecule has 1 aliphatic heterocycles. The Morgan fingerprint density at radius 2 is 1.45 bits per heavy atom. The molecule has 3 rings (SSSR count). The summed E-state index contributed by atoms with van der Waals surface area (Å²) in [6.45, 7) is 0.0329. The van der Waals surface area contributed by atoms with E-state index < -0.39 is 58.7 Å². The fraction of sp³-hybridized carbons (Fsp3) is 0.250. The Balaban J connectivity index is 1.89. The third-order valence-electron chi connectivity index (χ3n) is 4.72. The molecule has 1 unspecified atom stereocenters. The van der Waals surface area contributed by atoms with E-state index >= 15 is 0 Å². The minimum Gasteiger partial charge on any atom is -0.465 e. The van der Waals surface area contributed by atoms with Crippen LogP contribution in [0.4, 0.5) is 22.0 Å². The molecule has 0 saturated carbocycles. The average Bonchev–Trinajstić information content (AvgIpc) is 3.28. The summed E-state index contributed by atoms with van der Waals surface area (Å²) in [7, 11) is 1.11. The Bertz CT molecular complexity index is 1050. The highest BCUT2D eigenvalue weighted by atomic mass is 19.2. The molecule has 11 heteroatoms. The molecule has 31 heavy (non-hydrogen) atoms. The first-order chi connectivity index (χ1) is 14.7. The van der Waals surface area contributed by atoms with Crippen molar-refractivity contribution >= 4 is 17.8 Å². The highest BCUT2D eigenvalue weighted by molar-refractivity contribution is 6.06. The quantitative estimate of drug-likeness (QED) is 0.238. The smallest absolute Gasteiger partial charge is 0.338 e. The van der Waals surface area contributed by atoms with Crippen LogP contribution < -0.4 is 4.74 Å². The predicted octanol–water partition coefficient (Wildman–Crippen LogP) is 3.38. The molecule has 0 spiro atoms. The number of esters is 2. The second-order valence-corrected chi connectivity index (χ2v) is 6.51. The Labute approximate surface area is 172 Å². The number of amides is 1. The number of carbonyl (C=O) groups is 3. The van der Waals surface area contributed by atoms with Crippen LogP contribution in [0.15, 0.2) is 24.3 Å². The molecule has 1 atom stereocenters. The number of hydrogen-bond acceptors (Lipinski definition) is 5. The van der Waals surface area contributed by atoms with Crippen LogP contribution in [0.1, 0.15) is 33.6 Å². The zero-order valence-corrected chi connectivity index (χ0v) is 15.9. The first-order valence-corrected chi connectivity index (χ1v) is 8.90. The molecule has 1 fully saturated rings. The Kier molecular flexibility index (Phi) is 6.23. The number of benzene rings is 2. The molecule has 2 aromatic rings. The fourth-order valence-corrected chi connectivity index (χ4v) is 3.21. The number of rotatable bonds is 4. The maximum absolute atomic E-state index is 13.8. The van der Waals surface area contributed by atoms with E-state index in [1.165, 1.54) is 24.3 Å².